The monoisotopic (exact) mass is 398 g/mol. The highest BCUT2D eigenvalue weighted by atomic mass is 19.3. The number of nitrogens with one attached hydrogen (secondary N) is 1. The summed E-state index contributed by atoms with van der Waals surface area (Å²) in [6.45, 7) is 1.13. The Bertz CT molecular complexity index is 977. The zero-order valence-electron chi connectivity index (χ0n) is 16.2. The molecule has 1 N–H and O–H groups in total. The largest absolute Gasteiger partial charge is 0.369 e. The van der Waals surface area contributed by atoms with Crippen molar-refractivity contribution in [3.8, 4) is 0 Å². The summed E-state index contributed by atoms with van der Waals surface area (Å²) < 4.78 is 28.4. The summed E-state index contributed by atoms with van der Waals surface area (Å²) in [6, 6.07) is 15.5. The van der Waals surface area contributed by atoms with Gasteiger partial charge in [0, 0.05) is 32.5 Å². The van der Waals surface area contributed by atoms with Crippen molar-refractivity contribution in [3.63, 3.8) is 0 Å². The van der Waals surface area contributed by atoms with E-state index >= 15 is 0 Å². The number of hydrogen-bond acceptors (Lipinski definition) is 3. The summed E-state index contributed by atoms with van der Waals surface area (Å²) in [6.07, 6.45) is 2.92. The molecule has 1 aliphatic heterocycles. The molecule has 1 saturated heterocycles. The van der Waals surface area contributed by atoms with Crippen LogP contribution in [0.2, 0.25) is 0 Å². The second-order valence-electron chi connectivity index (χ2n) is 7.42. The lowest BCUT2D eigenvalue weighted by atomic mass is 10.1. The number of benzene rings is 2. The van der Waals surface area contributed by atoms with Crippen LogP contribution in [-0.2, 0) is 6.42 Å². The summed E-state index contributed by atoms with van der Waals surface area (Å²) in [5, 5.41) is 2.93. The number of carbonyl (C=O) groups is 1. The molecule has 0 bridgehead atoms. The number of alkyl halides is 2. The van der Waals surface area contributed by atoms with Crippen LogP contribution in [0.5, 0.6) is 0 Å². The highest BCUT2D eigenvalue weighted by Crippen LogP contribution is 2.33. The third kappa shape index (κ3) is 4.39. The number of hydrogen-bond donors (Lipinski definition) is 1. The van der Waals surface area contributed by atoms with Crippen molar-refractivity contribution in [3.05, 3.63) is 60.4 Å². The van der Waals surface area contributed by atoms with E-state index in [4.69, 9.17) is 0 Å². The van der Waals surface area contributed by atoms with E-state index in [1.54, 1.807) is 0 Å². The predicted octanol–water partition coefficient (Wildman–Crippen LogP) is 4.46. The molecule has 152 valence electrons. The van der Waals surface area contributed by atoms with Gasteiger partial charge in [-0.25, -0.2) is 18.6 Å². The van der Waals surface area contributed by atoms with Gasteiger partial charge < -0.3 is 10.2 Å². The summed E-state index contributed by atoms with van der Waals surface area (Å²) >= 11 is 0. The Morgan fingerprint density at radius 3 is 2.59 bits per heavy atom. The molecule has 2 heterocycles. The molecule has 0 radical (unpaired) electrons. The van der Waals surface area contributed by atoms with Gasteiger partial charge in [0.05, 0.1) is 11.2 Å². The van der Waals surface area contributed by atoms with Crippen molar-refractivity contribution in [1.82, 2.24) is 14.9 Å². The van der Waals surface area contributed by atoms with Crippen LogP contribution < -0.4 is 10.2 Å². The van der Waals surface area contributed by atoms with E-state index < -0.39 is 5.92 Å². The fraction of sp³-hybridized carbons (Fsp3) is 0.364. The number of aromatic nitrogens is 2. The van der Waals surface area contributed by atoms with E-state index in [-0.39, 0.29) is 32.0 Å². The number of fused-ring (bicyclic) bond motifs is 1. The maximum absolute atomic E-state index is 13.5. The van der Waals surface area contributed by atoms with Crippen LogP contribution in [0.25, 0.3) is 11.0 Å². The third-order valence-corrected chi connectivity index (χ3v) is 5.37. The number of nitrogens with zero attached hydrogens (tertiary/aromatic N) is 3. The average Bonchev–Trinajstić information content (AvgIpc) is 3.16. The summed E-state index contributed by atoms with van der Waals surface area (Å²) in [5.41, 5.74) is 3.39. The minimum absolute atomic E-state index is 0.161. The molecule has 4 rings (SSSR count). The van der Waals surface area contributed by atoms with Gasteiger partial charge in [0.2, 0.25) is 0 Å². The zero-order chi connectivity index (χ0) is 20.3. The van der Waals surface area contributed by atoms with Crippen LogP contribution in [0.3, 0.4) is 0 Å². The number of imidazole rings is 1. The number of rotatable bonds is 5. The first-order valence-electron chi connectivity index (χ1n) is 9.94. The van der Waals surface area contributed by atoms with Gasteiger partial charge in [-0.15, -0.1) is 0 Å². The molecule has 0 unspecified atom stereocenters. The van der Waals surface area contributed by atoms with Crippen molar-refractivity contribution in [2.45, 2.75) is 31.6 Å². The first kappa shape index (κ1) is 19.4. The Morgan fingerprint density at radius 1 is 1.07 bits per heavy atom. The summed E-state index contributed by atoms with van der Waals surface area (Å²) in [4.78, 5) is 18.9. The minimum atomic E-state index is -2.59. The molecule has 0 atom stereocenters. The molecule has 0 spiro atoms. The van der Waals surface area contributed by atoms with Crippen LogP contribution >= 0.6 is 0 Å². The number of aryl methyl sites for hydroxylation is 1. The second kappa shape index (κ2) is 8.19. The third-order valence-electron chi connectivity index (χ3n) is 5.37. The Hall–Kier alpha value is -2.96. The molecule has 0 aliphatic carbocycles. The maximum Gasteiger partial charge on any atom is 0.327 e. The summed E-state index contributed by atoms with van der Waals surface area (Å²) in [7, 11) is 0. The number of anilines is 1. The number of amides is 1. The van der Waals surface area contributed by atoms with Gasteiger partial charge in [-0.3, -0.25) is 4.57 Å². The SMILES string of the molecule is O=C(NCCCc1ccccc1)n1cnc2c(N3CCC(F)(F)CC3)cccc21. The molecule has 0 saturated carbocycles. The van der Waals surface area contributed by atoms with Gasteiger partial charge in [0.25, 0.3) is 5.92 Å². The number of piperidine rings is 1. The standard InChI is InChI=1S/C22H24F2N4O/c23-22(24)11-14-27(15-12-22)18-9-4-10-19-20(18)26-16-28(19)21(29)25-13-5-8-17-6-2-1-3-7-17/h1-4,6-7,9-10,16H,5,8,11-15H2,(H,25,29). The van der Waals surface area contributed by atoms with Gasteiger partial charge in [0.1, 0.15) is 11.8 Å². The molecule has 3 aromatic rings. The fourth-order valence-corrected chi connectivity index (χ4v) is 3.73. The fourth-order valence-electron chi connectivity index (χ4n) is 3.73. The van der Waals surface area contributed by atoms with Crippen molar-refractivity contribution in [2.75, 3.05) is 24.5 Å². The zero-order valence-corrected chi connectivity index (χ0v) is 16.2. The predicted molar refractivity (Wildman–Crippen MR) is 110 cm³/mol. The maximum atomic E-state index is 13.5. The molecule has 29 heavy (non-hydrogen) atoms. The van der Waals surface area contributed by atoms with Gasteiger partial charge in [-0.1, -0.05) is 36.4 Å². The first-order valence-corrected chi connectivity index (χ1v) is 9.94. The van der Waals surface area contributed by atoms with Crippen LogP contribution in [0.1, 0.15) is 24.8 Å². The van der Waals surface area contributed by atoms with Crippen LogP contribution in [-0.4, -0.2) is 41.1 Å². The number of carbonyl (C=O) groups excluding carboxylic acids is 1. The van der Waals surface area contributed by atoms with Crippen LogP contribution in [0, 0.1) is 0 Å². The highest BCUT2D eigenvalue weighted by Gasteiger charge is 2.34. The van der Waals surface area contributed by atoms with Gasteiger partial charge >= 0.3 is 6.03 Å². The van der Waals surface area contributed by atoms with Gasteiger partial charge in [-0.05, 0) is 30.5 Å². The number of halogens is 2. The minimum Gasteiger partial charge on any atom is -0.369 e. The Labute approximate surface area is 168 Å². The van der Waals surface area contributed by atoms with Gasteiger partial charge in [-0.2, -0.15) is 0 Å². The number of para-hydroxylation sites is 1. The molecule has 2 aromatic carbocycles. The van der Waals surface area contributed by atoms with E-state index in [9.17, 15) is 13.6 Å². The lowest BCUT2D eigenvalue weighted by molar-refractivity contribution is -0.0220. The van der Waals surface area contributed by atoms with E-state index in [0.717, 1.165) is 18.5 Å². The van der Waals surface area contributed by atoms with Crippen molar-refractivity contribution < 1.29 is 13.6 Å². The van der Waals surface area contributed by atoms with E-state index in [0.29, 0.717) is 17.6 Å². The molecule has 1 fully saturated rings. The first-order chi connectivity index (χ1) is 14.0. The van der Waals surface area contributed by atoms with E-state index in [1.165, 1.54) is 16.5 Å². The normalized spacial score (nSPS) is 16.1. The van der Waals surface area contributed by atoms with Gasteiger partial charge in [0.15, 0.2) is 0 Å². The van der Waals surface area contributed by atoms with Crippen molar-refractivity contribution >= 4 is 22.8 Å². The Morgan fingerprint density at radius 2 is 1.83 bits per heavy atom. The van der Waals surface area contributed by atoms with Crippen LogP contribution in [0.4, 0.5) is 19.3 Å². The van der Waals surface area contributed by atoms with E-state index in [2.05, 4.69) is 22.4 Å². The Balaban J connectivity index is 1.41. The van der Waals surface area contributed by atoms with Crippen LogP contribution in [0.15, 0.2) is 54.9 Å². The quantitative estimate of drug-likeness (QED) is 0.646. The second-order valence-corrected chi connectivity index (χ2v) is 7.42. The Kier molecular flexibility index (Phi) is 5.47. The molecule has 1 amide bonds. The topological polar surface area (TPSA) is 50.2 Å². The lowest BCUT2D eigenvalue weighted by Gasteiger charge is -2.33. The molecular weight excluding hydrogens is 374 g/mol. The van der Waals surface area contributed by atoms with Crippen molar-refractivity contribution in [2.24, 2.45) is 0 Å². The summed E-state index contributed by atoms with van der Waals surface area (Å²) in [5.74, 6) is -2.59. The van der Waals surface area contributed by atoms with E-state index in [1.807, 2.05) is 41.3 Å². The van der Waals surface area contributed by atoms with Crippen molar-refractivity contribution in [1.29, 1.82) is 0 Å². The lowest BCUT2D eigenvalue weighted by Crippen LogP contribution is -2.39. The molecule has 5 nitrogen and oxygen atoms in total. The molecular formula is C22H24F2N4O. The molecule has 1 aliphatic rings. The molecule has 7 heteroatoms. The average molecular weight is 398 g/mol. The highest BCUT2D eigenvalue weighted by molar-refractivity contribution is 5.95. The molecule has 1 aromatic heterocycles. The smallest absolute Gasteiger partial charge is 0.327 e.